The van der Waals surface area contributed by atoms with Gasteiger partial charge in [-0.2, -0.15) is 0 Å². The molecule has 1 saturated heterocycles. The smallest absolute Gasteiger partial charge is 0.339 e. The minimum atomic E-state index is -3.56. The molecule has 0 aromatic heterocycles. The Balaban J connectivity index is 1.55. The number of halogens is 2. The third-order valence-electron chi connectivity index (χ3n) is 5.21. The number of rotatable bonds is 7. The predicted octanol–water partition coefficient (Wildman–Crippen LogP) is 3.84. The number of ether oxygens (including phenoxy) is 1. The van der Waals surface area contributed by atoms with Crippen LogP contribution >= 0.6 is 11.6 Å². The Hall–Kier alpha value is -2.49. The molecule has 1 aliphatic rings. The van der Waals surface area contributed by atoms with E-state index >= 15 is 0 Å². The van der Waals surface area contributed by atoms with Crippen LogP contribution in [0.25, 0.3) is 0 Å². The summed E-state index contributed by atoms with van der Waals surface area (Å²) in [5.74, 6) is -1.76. The molecule has 1 heterocycles. The van der Waals surface area contributed by atoms with E-state index in [0.29, 0.717) is 24.1 Å². The molecule has 0 saturated carbocycles. The van der Waals surface area contributed by atoms with Crippen molar-refractivity contribution in [3.05, 3.63) is 64.4 Å². The van der Waals surface area contributed by atoms with Gasteiger partial charge in [-0.25, -0.2) is 21.9 Å². The quantitative estimate of drug-likeness (QED) is 0.605. The Morgan fingerprint density at radius 1 is 1.16 bits per heavy atom. The van der Waals surface area contributed by atoms with Gasteiger partial charge in [-0.1, -0.05) is 23.7 Å². The molecule has 0 aliphatic carbocycles. The van der Waals surface area contributed by atoms with Crippen LogP contribution in [0, 0.1) is 11.7 Å². The van der Waals surface area contributed by atoms with Crippen molar-refractivity contribution in [2.45, 2.75) is 25.5 Å². The van der Waals surface area contributed by atoms with Gasteiger partial charge >= 0.3 is 5.97 Å². The molecule has 32 heavy (non-hydrogen) atoms. The van der Waals surface area contributed by atoms with Crippen molar-refractivity contribution >= 4 is 39.2 Å². The number of carbonyl (C=O) groups is 2. The molecule has 3 rings (SSSR count). The van der Waals surface area contributed by atoms with Gasteiger partial charge in [0.1, 0.15) is 5.82 Å². The molecule has 172 valence electrons. The van der Waals surface area contributed by atoms with E-state index in [1.54, 1.807) is 13.0 Å². The van der Waals surface area contributed by atoms with E-state index in [2.05, 4.69) is 5.32 Å². The zero-order valence-electron chi connectivity index (χ0n) is 17.5. The first-order valence-corrected chi connectivity index (χ1v) is 12.2. The number of benzene rings is 2. The summed E-state index contributed by atoms with van der Waals surface area (Å²) in [6.45, 7) is 2.38. The molecule has 2 aromatic rings. The maximum atomic E-state index is 13.0. The predicted molar refractivity (Wildman–Crippen MR) is 119 cm³/mol. The number of esters is 1. The zero-order chi connectivity index (χ0) is 23.3. The lowest BCUT2D eigenvalue weighted by Crippen LogP contribution is -2.41. The fourth-order valence-electron chi connectivity index (χ4n) is 3.49. The van der Waals surface area contributed by atoms with Crippen LogP contribution in [0.2, 0.25) is 5.02 Å². The molecular formula is C22H24ClFN2O5S. The molecule has 0 unspecified atom stereocenters. The molecule has 1 fully saturated rings. The molecule has 1 N–H and O–H groups in total. The van der Waals surface area contributed by atoms with Gasteiger partial charge in [0.05, 0.1) is 22.9 Å². The fourth-order valence-corrected chi connectivity index (χ4v) is 5.31. The van der Waals surface area contributed by atoms with E-state index in [-0.39, 0.29) is 47.9 Å². The monoisotopic (exact) mass is 482 g/mol. The number of hydrogen-bond acceptors (Lipinski definition) is 5. The first-order chi connectivity index (χ1) is 15.2. The zero-order valence-corrected chi connectivity index (χ0v) is 19.1. The topological polar surface area (TPSA) is 92.8 Å². The van der Waals surface area contributed by atoms with Crippen LogP contribution in [0.5, 0.6) is 0 Å². The Morgan fingerprint density at radius 3 is 2.41 bits per heavy atom. The van der Waals surface area contributed by atoms with Crippen LogP contribution < -0.4 is 5.32 Å². The van der Waals surface area contributed by atoms with Crippen molar-refractivity contribution in [2.24, 2.45) is 5.92 Å². The number of amides is 1. The average molecular weight is 483 g/mol. The van der Waals surface area contributed by atoms with Crippen LogP contribution in [0.4, 0.5) is 10.1 Å². The summed E-state index contributed by atoms with van der Waals surface area (Å²) in [6.07, 6.45) is 0.756. The highest BCUT2D eigenvalue weighted by molar-refractivity contribution is 7.88. The van der Waals surface area contributed by atoms with E-state index < -0.39 is 21.8 Å². The van der Waals surface area contributed by atoms with Gasteiger partial charge in [0.2, 0.25) is 15.9 Å². The van der Waals surface area contributed by atoms with E-state index in [0.717, 1.165) is 0 Å². The lowest BCUT2D eigenvalue weighted by atomic mass is 9.97. The molecule has 10 heteroatoms. The Morgan fingerprint density at radius 2 is 1.81 bits per heavy atom. The number of nitrogens with zero attached hydrogens (tertiary/aromatic N) is 1. The summed E-state index contributed by atoms with van der Waals surface area (Å²) in [5.41, 5.74) is 1.17. The minimum Gasteiger partial charge on any atom is -0.462 e. The maximum absolute atomic E-state index is 13.0. The van der Waals surface area contributed by atoms with E-state index in [9.17, 15) is 22.4 Å². The molecule has 1 aliphatic heterocycles. The van der Waals surface area contributed by atoms with Crippen molar-refractivity contribution in [1.82, 2.24) is 4.31 Å². The van der Waals surface area contributed by atoms with Crippen molar-refractivity contribution in [2.75, 3.05) is 25.0 Å². The SMILES string of the molecule is CCOC(=O)c1ccc(NC(=O)C2CCN(S(=O)(=O)Cc3ccc(F)cc3)CC2)cc1Cl. The van der Waals surface area contributed by atoms with Gasteiger partial charge in [-0.15, -0.1) is 0 Å². The van der Waals surface area contributed by atoms with Crippen molar-refractivity contribution < 1.29 is 27.1 Å². The Bertz CT molecular complexity index is 1080. The highest BCUT2D eigenvalue weighted by Gasteiger charge is 2.31. The highest BCUT2D eigenvalue weighted by atomic mass is 35.5. The van der Waals surface area contributed by atoms with Gasteiger partial charge in [-0.05, 0) is 55.7 Å². The minimum absolute atomic E-state index is 0.169. The van der Waals surface area contributed by atoms with Crippen molar-refractivity contribution in [1.29, 1.82) is 0 Å². The Labute approximate surface area is 191 Å². The first kappa shape index (κ1) is 24.2. The lowest BCUT2D eigenvalue weighted by Gasteiger charge is -2.30. The van der Waals surface area contributed by atoms with E-state index in [4.69, 9.17) is 16.3 Å². The largest absolute Gasteiger partial charge is 0.462 e. The number of anilines is 1. The second-order valence-corrected chi connectivity index (χ2v) is 9.84. The number of hydrogen-bond donors (Lipinski definition) is 1. The first-order valence-electron chi connectivity index (χ1n) is 10.2. The van der Waals surface area contributed by atoms with Gasteiger partial charge in [-0.3, -0.25) is 4.79 Å². The summed E-state index contributed by atoms with van der Waals surface area (Å²) in [7, 11) is -3.56. The van der Waals surface area contributed by atoms with Crippen LogP contribution in [0.15, 0.2) is 42.5 Å². The van der Waals surface area contributed by atoms with E-state index in [1.807, 2.05) is 0 Å². The molecule has 1 amide bonds. The third-order valence-corrected chi connectivity index (χ3v) is 7.38. The van der Waals surface area contributed by atoms with Crippen LogP contribution in [0.1, 0.15) is 35.7 Å². The molecular weight excluding hydrogens is 459 g/mol. The van der Waals surface area contributed by atoms with Crippen LogP contribution in [-0.4, -0.2) is 44.3 Å². The van der Waals surface area contributed by atoms with Crippen molar-refractivity contribution in [3.8, 4) is 0 Å². The average Bonchev–Trinajstić information content (AvgIpc) is 2.75. The second-order valence-electron chi connectivity index (χ2n) is 7.46. The van der Waals surface area contributed by atoms with Crippen molar-refractivity contribution in [3.63, 3.8) is 0 Å². The van der Waals surface area contributed by atoms with Gasteiger partial charge < -0.3 is 10.1 Å². The normalized spacial score (nSPS) is 15.3. The maximum Gasteiger partial charge on any atom is 0.339 e. The number of nitrogens with one attached hydrogen (secondary N) is 1. The Kier molecular flexibility index (Phi) is 7.86. The van der Waals surface area contributed by atoms with Gasteiger partial charge in [0.25, 0.3) is 0 Å². The third kappa shape index (κ3) is 6.05. The number of piperidine rings is 1. The standard InChI is InChI=1S/C22H24ClFN2O5S/c1-2-31-22(28)19-8-7-18(13-20(19)23)25-21(27)16-9-11-26(12-10-16)32(29,30)14-15-3-5-17(24)6-4-15/h3-8,13,16H,2,9-12,14H2,1H3,(H,25,27). The van der Waals surface area contributed by atoms with Gasteiger partial charge in [0.15, 0.2) is 0 Å². The van der Waals surface area contributed by atoms with Gasteiger partial charge in [0, 0.05) is 24.7 Å². The fraction of sp³-hybridized carbons (Fsp3) is 0.364. The molecule has 2 aromatic carbocycles. The number of sulfonamides is 1. The van der Waals surface area contributed by atoms with Crippen LogP contribution in [-0.2, 0) is 25.3 Å². The molecule has 7 nitrogen and oxygen atoms in total. The summed E-state index contributed by atoms with van der Waals surface area (Å²) in [4.78, 5) is 24.5. The van der Waals surface area contributed by atoms with E-state index in [1.165, 1.54) is 40.7 Å². The van der Waals surface area contributed by atoms with Crippen LogP contribution in [0.3, 0.4) is 0 Å². The summed E-state index contributed by atoms with van der Waals surface area (Å²) in [5, 5.41) is 2.94. The summed E-state index contributed by atoms with van der Waals surface area (Å²) < 4.78 is 44.6. The highest BCUT2D eigenvalue weighted by Crippen LogP contribution is 2.25. The molecule has 0 spiro atoms. The lowest BCUT2D eigenvalue weighted by molar-refractivity contribution is -0.120. The molecule has 0 radical (unpaired) electrons. The summed E-state index contributed by atoms with van der Waals surface area (Å²) in [6, 6.07) is 9.89. The molecule has 0 atom stereocenters. The second kappa shape index (κ2) is 10.4. The summed E-state index contributed by atoms with van der Waals surface area (Å²) >= 11 is 6.13. The number of carbonyl (C=O) groups excluding carboxylic acids is 2. The molecule has 0 bridgehead atoms.